The summed E-state index contributed by atoms with van der Waals surface area (Å²) >= 11 is 9.36. The molecule has 0 spiro atoms. The molecule has 4 nitrogen and oxygen atoms in total. The molecule has 3 N–H and O–H groups in total. The zero-order valence-corrected chi connectivity index (χ0v) is 14.0. The molecule has 2 rings (SSSR count). The smallest absolute Gasteiger partial charge is 0.256 e. The topological polar surface area (TPSA) is 58.4 Å². The quantitative estimate of drug-likeness (QED) is 0.805. The number of anilines is 3. The van der Waals surface area contributed by atoms with Crippen LogP contribution in [0.4, 0.5) is 17.1 Å². The van der Waals surface area contributed by atoms with Crippen molar-refractivity contribution in [1.82, 2.24) is 0 Å². The summed E-state index contributed by atoms with van der Waals surface area (Å²) in [5.41, 5.74) is 8.25. The van der Waals surface area contributed by atoms with E-state index in [0.717, 1.165) is 5.69 Å². The Morgan fingerprint density at radius 2 is 1.95 bits per heavy atom. The molecule has 0 aliphatic heterocycles. The van der Waals surface area contributed by atoms with Crippen LogP contribution in [0.2, 0.25) is 5.02 Å². The van der Waals surface area contributed by atoms with Gasteiger partial charge in [-0.05, 0) is 52.3 Å². The molecule has 0 saturated heterocycles. The van der Waals surface area contributed by atoms with Gasteiger partial charge in [-0.3, -0.25) is 4.79 Å². The van der Waals surface area contributed by atoms with E-state index < -0.39 is 0 Å². The standard InChI is InChI=1S/C15H15BrClN3O/c1-20(2)14-6-3-9(17)7-13(14)19-15(21)11-8-10(18)4-5-12(11)16/h3-8H,18H2,1-2H3,(H,19,21). The number of hydrogen-bond acceptors (Lipinski definition) is 3. The van der Waals surface area contributed by atoms with E-state index in [1.165, 1.54) is 0 Å². The van der Waals surface area contributed by atoms with Gasteiger partial charge in [-0.2, -0.15) is 0 Å². The largest absolute Gasteiger partial charge is 0.399 e. The van der Waals surface area contributed by atoms with Crippen molar-refractivity contribution in [1.29, 1.82) is 0 Å². The lowest BCUT2D eigenvalue weighted by atomic mass is 10.1. The lowest BCUT2D eigenvalue weighted by Crippen LogP contribution is -2.17. The number of benzene rings is 2. The first kappa shape index (κ1) is 15.7. The van der Waals surface area contributed by atoms with Crippen LogP contribution < -0.4 is 16.0 Å². The van der Waals surface area contributed by atoms with Crippen molar-refractivity contribution in [2.24, 2.45) is 0 Å². The van der Waals surface area contributed by atoms with Crippen LogP contribution in [0.3, 0.4) is 0 Å². The van der Waals surface area contributed by atoms with Crippen molar-refractivity contribution < 1.29 is 4.79 Å². The molecule has 0 aliphatic carbocycles. The Balaban J connectivity index is 2.35. The zero-order valence-electron chi connectivity index (χ0n) is 11.7. The molecular formula is C15H15BrClN3O. The predicted octanol–water partition coefficient (Wildman–Crippen LogP) is 4.00. The van der Waals surface area contributed by atoms with Crippen molar-refractivity contribution in [3.8, 4) is 0 Å². The van der Waals surface area contributed by atoms with Gasteiger partial charge in [0.25, 0.3) is 5.91 Å². The fourth-order valence-corrected chi connectivity index (χ4v) is 2.50. The fourth-order valence-electron chi connectivity index (χ4n) is 1.90. The van der Waals surface area contributed by atoms with Gasteiger partial charge >= 0.3 is 0 Å². The highest BCUT2D eigenvalue weighted by atomic mass is 79.9. The number of rotatable bonds is 3. The van der Waals surface area contributed by atoms with Gasteiger partial charge in [0.15, 0.2) is 0 Å². The number of nitrogens with zero attached hydrogens (tertiary/aromatic N) is 1. The Bertz CT molecular complexity index is 689. The zero-order chi connectivity index (χ0) is 15.6. The second-order valence-corrected chi connectivity index (χ2v) is 6.04. The van der Waals surface area contributed by atoms with Crippen LogP contribution >= 0.6 is 27.5 Å². The highest BCUT2D eigenvalue weighted by Gasteiger charge is 2.14. The Hall–Kier alpha value is -1.72. The third-order valence-corrected chi connectivity index (χ3v) is 3.85. The number of nitrogens with two attached hydrogens (primary N) is 1. The molecular weight excluding hydrogens is 354 g/mol. The summed E-state index contributed by atoms with van der Waals surface area (Å²) in [6, 6.07) is 10.4. The van der Waals surface area contributed by atoms with Crippen molar-refractivity contribution >= 4 is 50.5 Å². The van der Waals surface area contributed by atoms with E-state index in [1.54, 1.807) is 30.3 Å². The van der Waals surface area contributed by atoms with Gasteiger partial charge in [-0.1, -0.05) is 11.6 Å². The second-order valence-electron chi connectivity index (χ2n) is 4.75. The minimum atomic E-state index is -0.250. The van der Waals surface area contributed by atoms with Gasteiger partial charge in [0.05, 0.1) is 16.9 Å². The number of nitrogens with one attached hydrogen (secondary N) is 1. The maximum absolute atomic E-state index is 12.4. The lowest BCUT2D eigenvalue weighted by molar-refractivity contribution is 0.102. The van der Waals surface area contributed by atoms with Gasteiger partial charge in [0.2, 0.25) is 0 Å². The number of carbonyl (C=O) groups excluding carboxylic acids is 1. The van der Waals surface area contributed by atoms with E-state index in [4.69, 9.17) is 17.3 Å². The molecule has 110 valence electrons. The fraction of sp³-hybridized carbons (Fsp3) is 0.133. The molecule has 0 unspecified atom stereocenters. The maximum atomic E-state index is 12.4. The highest BCUT2D eigenvalue weighted by molar-refractivity contribution is 9.10. The van der Waals surface area contributed by atoms with Crippen LogP contribution in [0.25, 0.3) is 0 Å². The predicted molar refractivity (Wildman–Crippen MR) is 92.3 cm³/mol. The first-order valence-electron chi connectivity index (χ1n) is 6.21. The van der Waals surface area contributed by atoms with Gasteiger partial charge < -0.3 is 16.0 Å². The summed E-state index contributed by atoms with van der Waals surface area (Å²) in [5, 5.41) is 3.42. The van der Waals surface area contributed by atoms with Crippen LogP contribution in [0.1, 0.15) is 10.4 Å². The Labute approximate surface area is 137 Å². The summed E-state index contributed by atoms with van der Waals surface area (Å²) in [6.45, 7) is 0. The van der Waals surface area contributed by atoms with Crippen molar-refractivity contribution in [2.45, 2.75) is 0 Å². The van der Waals surface area contributed by atoms with E-state index in [9.17, 15) is 4.79 Å². The van der Waals surface area contributed by atoms with Crippen LogP contribution in [-0.4, -0.2) is 20.0 Å². The number of nitrogen functional groups attached to an aromatic ring is 1. The summed E-state index contributed by atoms with van der Waals surface area (Å²) in [5.74, 6) is -0.250. The van der Waals surface area contributed by atoms with Gasteiger partial charge in [-0.25, -0.2) is 0 Å². The van der Waals surface area contributed by atoms with Gasteiger partial charge in [0.1, 0.15) is 0 Å². The average Bonchev–Trinajstić information content (AvgIpc) is 2.41. The molecule has 0 heterocycles. The molecule has 1 amide bonds. The molecule has 0 radical (unpaired) electrons. The van der Waals surface area contributed by atoms with Gasteiger partial charge in [-0.15, -0.1) is 0 Å². The highest BCUT2D eigenvalue weighted by Crippen LogP contribution is 2.29. The van der Waals surface area contributed by atoms with Crippen molar-refractivity contribution in [2.75, 3.05) is 30.0 Å². The molecule has 0 aliphatic rings. The summed E-state index contributed by atoms with van der Waals surface area (Å²) in [7, 11) is 3.80. The second kappa shape index (κ2) is 6.37. The van der Waals surface area contributed by atoms with Crippen LogP contribution in [-0.2, 0) is 0 Å². The number of carbonyl (C=O) groups is 1. The molecule has 0 bridgehead atoms. The molecule has 0 atom stereocenters. The van der Waals surface area contributed by atoms with E-state index in [1.807, 2.05) is 25.1 Å². The van der Waals surface area contributed by atoms with Crippen LogP contribution in [0, 0.1) is 0 Å². The number of amides is 1. The molecule has 2 aromatic rings. The first-order valence-corrected chi connectivity index (χ1v) is 7.39. The molecule has 0 saturated carbocycles. The van der Waals surface area contributed by atoms with E-state index in [0.29, 0.717) is 26.4 Å². The van der Waals surface area contributed by atoms with E-state index in [2.05, 4.69) is 21.2 Å². The summed E-state index contributed by atoms with van der Waals surface area (Å²) in [6.07, 6.45) is 0. The molecule has 0 fully saturated rings. The van der Waals surface area contributed by atoms with Gasteiger partial charge in [0, 0.05) is 29.3 Å². The van der Waals surface area contributed by atoms with Crippen molar-refractivity contribution in [3.05, 3.63) is 51.5 Å². The summed E-state index contributed by atoms with van der Waals surface area (Å²) in [4.78, 5) is 14.3. The Kier molecular flexibility index (Phi) is 4.75. The Morgan fingerprint density at radius 1 is 1.24 bits per heavy atom. The minimum Gasteiger partial charge on any atom is -0.399 e. The van der Waals surface area contributed by atoms with E-state index in [-0.39, 0.29) is 5.91 Å². The average molecular weight is 369 g/mol. The third-order valence-electron chi connectivity index (χ3n) is 2.92. The first-order chi connectivity index (χ1) is 9.88. The maximum Gasteiger partial charge on any atom is 0.256 e. The normalized spacial score (nSPS) is 10.3. The van der Waals surface area contributed by atoms with E-state index >= 15 is 0 Å². The lowest BCUT2D eigenvalue weighted by Gasteiger charge is -2.18. The third kappa shape index (κ3) is 3.68. The molecule has 6 heteroatoms. The van der Waals surface area contributed by atoms with Crippen molar-refractivity contribution in [3.63, 3.8) is 0 Å². The number of halogens is 2. The Morgan fingerprint density at radius 3 is 2.62 bits per heavy atom. The molecule has 21 heavy (non-hydrogen) atoms. The SMILES string of the molecule is CN(C)c1ccc(Cl)cc1NC(=O)c1cc(N)ccc1Br. The minimum absolute atomic E-state index is 0.250. The monoisotopic (exact) mass is 367 g/mol. The van der Waals surface area contributed by atoms with Crippen LogP contribution in [0.5, 0.6) is 0 Å². The number of hydrogen-bond donors (Lipinski definition) is 2. The molecule has 2 aromatic carbocycles. The van der Waals surface area contributed by atoms with Crippen LogP contribution in [0.15, 0.2) is 40.9 Å². The summed E-state index contributed by atoms with van der Waals surface area (Å²) < 4.78 is 0.683. The molecule has 0 aromatic heterocycles.